The monoisotopic (exact) mass is 129 g/mol. The maximum Gasteiger partial charge on any atom is 0.271 e. The van der Waals surface area contributed by atoms with Crippen molar-refractivity contribution >= 4 is 11.6 Å². The molecule has 0 N–H and O–H groups in total. The standard InChI is InChI=1S/C6H11NO2/c1-5(2)7-6(8)4-9-3/h4H2,1-3H3. The Balaban J connectivity index is 3.63. The molecule has 0 atom stereocenters. The van der Waals surface area contributed by atoms with Gasteiger partial charge in [0.25, 0.3) is 5.91 Å². The van der Waals surface area contributed by atoms with Gasteiger partial charge in [-0.05, 0) is 13.8 Å². The third kappa shape index (κ3) is 5.17. The van der Waals surface area contributed by atoms with Gasteiger partial charge >= 0.3 is 0 Å². The molecule has 0 fully saturated rings. The van der Waals surface area contributed by atoms with E-state index in [1.807, 2.05) is 0 Å². The van der Waals surface area contributed by atoms with Crippen LogP contribution in [0.1, 0.15) is 13.8 Å². The van der Waals surface area contributed by atoms with Gasteiger partial charge in [-0.1, -0.05) is 0 Å². The van der Waals surface area contributed by atoms with Gasteiger partial charge in [0, 0.05) is 12.8 Å². The molecule has 0 bridgehead atoms. The fourth-order valence-electron chi connectivity index (χ4n) is 0.405. The van der Waals surface area contributed by atoms with Gasteiger partial charge in [-0.2, -0.15) is 0 Å². The van der Waals surface area contributed by atoms with Crippen molar-refractivity contribution in [2.45, 2.75) is 13.8 Å². The molecule has 0 spiro atoms. The van der Waals surface area contributed by atoms with Gasteiger partial charge in [0.05, 0.1) is 0 Å². The van der Waals surface area contributed by atoms with Gasteiger partial charge in [-0.3, -0.25) is 4.79 Å². The summed E-state index contributed by atoms with van der Waals surface area (Å²) in [7, 11) is 1.47. The van der Waals surface area contributed by atoms with Crippen LogP contribution in [-0.4, -0.2) is 25.3 Å². The molecule has 0 saturated carbocycles. The summed E-state index contributed by atoms with van der Waals surface area (Å²) in [6.07, 6.45) is 0. The van der Waals surface area contributed by atoms with Crippen LogP contribution < -0.4 is 0 Å². The summed E-state index contributed by atoms with van der Waals surface area (Å²) >= 11 is 0. The third-order valence-electron chi connectivity index (χ3n) is 0.616. The van der Waals surface area contributed by atoms with Crippen molar-refractivity contribution in [3.8, 4) is 0 Å². The van der Waals surface area contributed by atoms with Crippen LogP contribution >= 0.6 is 0 Å². The number of aliphatic imine (C=N–C) groups is 1. The zero-order valence-corrected chi connectivity index (χ0v) is 5.97. The number of carbonyl (C=O) groups is 1. The van der Waals surface area contributed by atoms with E-state index >= 15 is 0 Å². The fraction of sp³-hybridized carbons (Fsp3) is 0.667. The summed E-state index contributed by atoms with van der Waals surface area (Å²) < 4.78 is 4.55. The van der Waals surface area contributed by atoms with Crippen molar-refractivity contribution in [1.29, 1.82) is 0 Å². The molecule has 0 unspecified atom stereocenters. The van der Waals surface area contributed by atoms with Crippen molar-refractivity contribution in [2.24, 2.45) is 4.99 Å². The minimum atomic E-state index is -0.225. The first kappa shape index (κ1) is 8.30. The van der Waals surface area contributed by atoms with Crippen molar-refractivity contribution in [2.75, 3.05) is 13.7 Å². The number of ether oxygens (including phenoxy) is 1. The molecule has 0 saturated heterocycles. The lowest BCUT2D eigenvalue weighted by atomic mass is 10.5. The van der Waals surface area contributed by atoms with Crippen molar-refractivity contribution in [3.63, 3.8) is 0 Å². The van der Waals surface area contributed by atoms with Gasteiger partial charge in [0.15, 0.2) is 0 Å². The smallest absolute Gasteiger partial charge is 0.271 e. The Hall–Kier alpha value is -0.700. The van der Waals surface area contributed by atoms with E-state index in [1.165, 1.54) is 7.11 Å². The van der Waals surface area contributed by atoms with Crippen molar-refractivity contribution in [1.82, 2.24) is 0 Å². The van der Waals surface area contributed by atoms with Gasteiger partial charge in [0.2, 0.25) is 0 Å². The van der Waals surface area contributed by atoms with Crippen LogP contribution in [0.15, 0.2) is 4.99 Å². The van der Waals surface area contributed by atoms with Crippen LogP contribution in [0.3, 0.4) is 0 Å². The van der Waals surface area contributed by atoms with Gasteiger partial charge in [-0.25, -0.2) is 4.99 Å². The number of hydrogen-bond donors (Lipinski definition) is 0. The van der Waals surface area contributed by atoms with Crippen LogP contribution in [-0.2, 0) is 9.53 Å². The zero-order chi connectivity index (χ0) is 7.28. The topological polar surface area (TPSA) is 38.7 Å². The molecule has 0 aliphatic rings. The molecule has 9 heavy (non-hydrogen) atoms. The number of amides is 1. The Morgan fingerprint density at radius 1 is 1.56 bits per heavy atom. The number of nitrogens with zero attached hydrogens (tertiary/aromatic N) is 1. The highest BCUT2D eigenvalue weighted by Gasteiger charge is 1.94. The Labute approximate surface area is 54.7 Å². The second-order valence-corrected chi connectivity index (χ2v) is 1.89. The number of rotatable bonds is 2. The summed E-state index contributed by atoms with van der Waals surface area (Å²) in [5.74, 6) is -0.225. The van der Waals surface area contributed by atoms with Crippen LogP contribution in [0.5, 0.6) is 0 Å². The Bertz CT molecular complexity index is 125. The van der Waals surface area contributed by atoms with E-state index in [0.717, 1.165) is 5.71 Å². The van der Waals surface area contributed by atoms with Crippen LogP contribution in [0, 0.1) is 0 Å². The Kier molecular flexibility index (Phi) is 3.88. The minimum absolute atomic E-state index is 0.0746. The molecule has 3 nitrogen and oxygen atoms in total. The molecule has 0 aromatic rings. The Morgan fingerprint density at radius 3 is 2.44 bits per heavy atom. The van der Waals surface area contributed by atoms with E-state index in [1.54, 1.807) is 13.8 Å². The summed E-state index contributed by atoms with van der Waals surface area (Å²) in [6, 6.07) is 0. The molecular weight excluding hydrogens is 118 g/mol. The molecule has 0 aromatic heterocycles. The van der Waals surface area contributed by atoms with Gasteiger partial charge in [0.1, 0.15) is 6.61 Å². The average Bonchev–Trinajstić information content (AvgIpc) is 1.63. The maximum atomic E-state index is 10.5. The van der Waals surface area contributed by atoms with E-state index in [0.29, 0.717) is 0 Å². The predicted molar refractivity (Wildman–Crippen MR) is 35.7 cm³/mol. The Morgan fingerprint density at radius 2 is 2.11 bits per heavy atom. The minimum Gasteiger partial charge on any atom is -0.375 e. The number of hydrogen-bond acceptors (Lipinski definition) is 2. The lowest BCUT2D eigenvalue weighted by molar-refractivity contribution is -0.121. The molecule has 0 aliphatic carbocycles. The first-order valence-electron chi connectivity index (χ1n) is 2.70. The molecular formula is C6H11NO2. The van der Waals surface area contributed by atoms with E-state index in [4.69, 9.17) is 0 Å². The highest BCUT2D eigenvalue weighted by molar-refractivity contribution is 5.93. The largest absolute Gasteiger partial charge is 0.375 e. The molecule has 0 rings (SSSR count). The van der Waals surface area contributed by atoms with E-state index in [-0.39, 0.29) is 12.5 Å². The normalized spacial score (nSPS) is 8.78. The quantitative estimate of drug-likeness (QED) is 0.513. The number of methoxy groups -OCH3 is 1. The second-order valence-electron chi connectivity index (χ2n) is 1.89. The van der Waals surface area contributed by atoms with Crippen LogP contribution in [0.2, 0.25) is 0 Å². The molecule has 3 heteroatoms. The molecule has 52 valence electrons. The summed E-state index contributed by atoms with van der Waals surface area (Å²) in [5.41, 5.74) is 0.761. The van der Waals surface area contributed by atoms with E-state index < -0.39 is 0 Å². The average molecular weight is 129 g/mol. The van der Waals surface area contributed by atoms with E-state index in [9.17, 15) is 4.79 Å². The lowest BCUT2D eigenvalue weighted by Crippen LogP contribution is -2.04. The molecule has 0 aliphatic heterocycles. The SMILES string of the molecule is COCC(=O)N=C(C)C. The summed E-state index contributed by atoms with van der Waals surface area (Å²) in [5, 5.41) is 0. The highest BCUT2D eigenvalue weighted by atomic mass is 16.5. The fourth-order valence-corrected chi connectivity index (χ4v) is 0.405. The molecule has 0 heterocycles. The number of carbonyl (C=O) groups excluding carboxylic acids is 1. The van der Waals surface area contributed by atoms with Crippen LogP contribution in [0.4, 0.5) is 0 Å². The van der Waals surface area contributed by atoms with Crippen molar-refractivity contribution < 1.29 is 9.53 Å². The first-order valence-corrected chi connectivity index (χ1v) is 2.70. The summed E-state index contributed by atoms with van der Waals surface area (Å²) in [4.78, 5) is 14.2. The predicted octanol–water partition coefficient (Wildman–Crippen LogP) is 0.640. The summed E-state index contributed by atoms with van der Waals surface area (Å²) in [6.45, 7) is 3.62. The second kappa shape index (κ2) is 4.21. The van der Waals surface area contributed by atoms with Crippen molar-refractivity contribution in [3.05, 3.63) is 0 Å². The molecule has 1 amide bonds. The zero-order valence-electron chi connectivity index (χ0n) is 5.97. The molecule has 0 aromatic carbocycles. The van der Waals surface area contributed by atoms with Gasteiger partial charge < -0.3 is 4.74 Å². The maximum absolute atomic E-state index is 10.5. The highest BCUT2D eigenvalue weighted by Crippen LogP contribution is 1.79. The van der Waals surface area contributed by atoms with E-state index in [2.05, 4.69) is 9.73 Å². The lowest BCUT2D eigenvalue weighted by Gasteiger charge is -1.90. The van der Waals surface area contributed by atoms with Crippen LogP contribution in [0.25, 0.3) is 0 Å². The molecule has 0 radical (unpaired) electrons. The third-order valence-corrected chi connectivity index (χ3v) is 0.616. The van der Waals surface area contributed by atoms with Gasteiger partial charge in [-0.15, -0.1) is 0 Å². The first-order chi connectivity index (χ1) is 4.16.